The third-order valence-corrected chi connectivity index (χ3v) is 5.79. The summed E-state index contributed by atoms with van der Waals surface area (Å²) in [7, 11) is 0. The number of hydrogen-bond donors (Lipinski definition) is 1. The number of aryl methyl sites for hydroxylation is 1. The molecule has 1 aliphatic heterocycles. The van der Waals surface area contributed by atoms with Crippen molar-refractivity contribution < 1.29 is 9.18 Å². The van der Waals surface area contributed by atoms with Gasteiger partial charge in [-0.25, -0.2) is 9.37 Å². The third kappa shape index (κ3) is 4.99. The van der Waals surface area contributed by atoms with Crippen LogP contribution in [0.3, 0.4) is 0 Å². The first-order valence-electron chi connectivity index (χ1n) is 9.62. The van der Waals surface area contributed by atoms with Crippen LogP contribution in [-0.4, -0.2) is 48.5 Å². The van der Waals surface area contributed by atoms with Crippen molar-refractivity contribution in [3.05, 3.63) is 64.7 Å². The lowest BCUT2D eigenvalue weighted by Crippen LogP contribution is -2.48. The predicted molar refractivity (Wildman–Crippen MR) is 116 cm³/mol. The zero-order valence-corrected chi connectivity index (χ0v) is 17.1. The maximum atomic E-state index is 13.1. The number of hydrogen-bond acceptors (Lipinski definition) is 5. The molecule has 29 heavy (non-hydrogen) atoms. The van der Waals surface area contributed by atoms with Crippen LogP contribution in [0.4, 0.5) is 15.8 Å². The molecule has 1 aliphatic rings. The Balaban J connectivity index is 1.26. The van der Waals surface area contributed by atoms with Crippen LogP contribution in [-0.2, 0) is 4.79 Å². The van der Waals surface area contributed by atoms with Crippen LogP contribution in [0.15, 0.2) is 53.9 Å². The lowest BCUT2D eigenvalue weighted by Gasteiger charge is -2.35. The van der Waals surface area contributed by atoms with E-state index in [4.69, 9.17) is 0 Å². The number of nitrogens with zero attached hydrogens (tertiary/aromatic N) is 3. The predicted octanol–water partition coefficient (Wildman–Crippen LogP) is 4.02. The van der Waals surface area contributed by atoms with E-state index in [0.717, 1.165) is 53.8 Å². The number of anilines is 2. The number of piperazine rings is 1. The SMILES string of the molecule is Cc1nc(-c2ccc(NC(=O)CN3CCN(c4ccc(F)cc4)CC3)cc2)cs1. The van der Waals surface area contributed by atoms with E-state index in [1.165, 1.54) is 12.1 Å². The first-order valence-corrected chi connectivity index (χ1v) is 10.5. The molecule has 0 aliphatic carbocycles. The highest BCUT2D eigenvalue weighted by Gasteiger charge is 2.19. The first-order chi connectivity index (χ1) is 14.1. The van der Waals surface area contributed by atoms with Crippen LogP contribution < -0.4 is 10.2 Å². The minimum absolute atomic E-state index is 0.0162. The van der Waals surface area contributed by atoms with E-state index in [2.05, 4.69) is 20.1 Å². The standard InChI is InChI=1S/C22H23FN4OS/c1-16-24-21(15-29-16)17-2-6-19(7-3-17)25-22(28)14-26-10-12-27(13-11-26)20-8-4-18(23)5-9-20/h2-9,15H,10-14H2,1H3,(H,25,28). The fourth-order valence-corrected chi connectivity index (χ4v) is 4.06. The molecule has 1 saturated heterocycles. The second-order valence-electron chi connectivity index (χ2n) is 7.12. The molecule has 1 amide bonds. The summed E-state index contributed by atoms with van der Waals surface area (Å²) in [6, 6.07) is 14.3. The average molecular weight is 411 g/mol. The van der Waals surface area contributed by atoms with Crippen molar-refractivity contribution in [2.75, 3.05) is 42.9 Å². The molecule has 0 unspecified atom stereocenters. The Hall–Kier alpha value is -2.77. The van der Waals surface area contributed by atoms with E-state index < -0.39 is 0 Å². The second kappa shape index (κ2) is 8.71. The molecule has 4 rings (SSSR count). The van der Waals surface area contributed by atoms with Gasteiger partial charge in [-0.2, -0.15) is 0 Å². The molecule has 2 heterocycles. The molecule has 1 aromatic heterocycles. The number of aromatic nitrogens is 1. The topological polar surface area (TPSA) is 48.5 Å². The summed E-state index contributed by atoms with van der Waals surface area (Å²) in [6.45, 7) is 5.59. The number of benzene rings is 2. The largest absolute Gasteiger partial charge is 0.369 e. The normalized spacial score (nSPS) is 14.8. The highest BCUT2D eigenvalue weighted by molar-refractivity contribution is 7.09. The Kier molecular flexibility index (Phi) is 5.87. The minimum atomic E-state index is -0.223. The molecule has 2 aromatic carbocycles. The van der Waals surface area contributed by atoms with E-state index in [1.807, 2.05) is 36.6 Å². The van der Waals surface area contributed by atoms with Crippen molar-refractivity contribution in [3.8, 4) is 11.3 Å². The molecule has 0 radical (unpaired) electrons. The van der Waals surface area contributed by atoms with E-state index >= 15 is 0 Å². The lowest BCUT2D eigenvalue weighted by atomic mass is 10.1. The molecule has 150 valence electrons. The van der Waals surface area contributed by atoms with Crippen LogP contribution in [0.1, 0.15) is 5.01 Å². The van der Waals surface area contributed by atoms with E-state index in [0.29, 0.717) is 6.54 Å². The fourth-order valence-electron chi connectivity index (χ4n) is 3.44. The van der Waals surface area contributed by atoms with Gasteiger partial charge in [-0.1, -0.05) is 12.1 Å². The summed E-state index contributed by atoms with van der Waals surface area (Å²) in [6.07, 6.45) is 0. The van der Waals surface area contributed by atoms with E-state index in [9.17, 15) is 9.18 Å². The van der Waals surface area contributed by atoms with Crippen molar-refractivity contribution in [1.82, 2.24) is 9.88 Å². The summed E-state index contributed by atoms with van der Waals surface area (Å²) in [4.78, 5) is 21.2. The van der Waals surface area contributed by atoms with Gasteiger partial charge in [-0.15, -0.1) is 11.3 Å². The molecule has 0 saturated carbocycles. The number of halogens is 1. The van der Waals surface area contributed by atoms with Crippen molar-refractivity contribution in [3.63, 3.8) is 0 Å². The quantitative estimate of drug-likeness (QED) is 0.690. The van der Waals surface area contributed by atoms with Crippen LogP contribution in [0.2, 0.25) is 0 Å². The molecular weight excluding hydrogens is 387 g/mol. The first kappa shape index (κ1) is 19.5. The highest BCUT2D eigenvalue weighted by Crippen LogP contribution is 2.23. The van der Waals surface area contributed by atoms with Crippen LogP contribution >= 0.6 is 11.3 Å². The van der Waals surface area contributed by atoms with Gasteiger partial charge in [-0.3, -0.25) is 9.69 Å². The molecule has 1 fully saturated rings. The minimum Gasteiger partial charge on any atom is -0.369 e. The monoisotopic (exact) mass is 410 g/mol. The van der Waals surface area contributed by atoms with Crippen LogP contribution in [0.25, 0.3) is 11.3 Å². The maximum absolute atomic E-state index is 13.1. The van der Waals surface area contributed by atoms with Gasteiger partial charge in [0.05, 0.1) is 17.2 Å². The molecule has 1 N–H and O–H groups in total. The Morgan fingerprint density at radius 2 is 1.76 bits per heavy atom. The summed E-state index contributed by atoms with van der Waals surface area (Å²) >= 11 is 1.63. The fraction of sp³-hybridized carbons (Fsp3) is 0.273. The van der Waals surface area contributed by atoms with Gasteiger partial charge in [0.15, 0.2) is 0 Å². The number of thiazole rings is 1. The smallest absolute Gasteiger partial charge is 0.238 e. The Morgan fingerprint density at radius 3 is 2.38 bits per heavy atom. The third-order valence-electron chi connectivity index (χ3n) is 5.01. The number of rotatable bonds is 5. The highest BCUT2D eigenvalue weighted by atomic mass is 32.1. The van der Waals surface area contributed by atoms with Crippen molar-refractivity contribution in [2.45, 2.75) is 6.92 Å². The van der Waals surface area contributed by atoms with E-state index in [-0.39, 0.29) is 11.7 Å². The lowest BCUT2D eigenvalue weighted by molar-refractivity contribution is -0.117. The molecule has 0 spiro atoms. The molecule has 0 atom stereocenters. The average Bonchev–Trinajstić information content (AvgIpc) is 3.16. The molecule has 5 nitrogen and oxygen atoms in total. The summed E-state index contributed by atoms with van der Waals surface area (Å²) in [5, 5.41) is 6.04. The summed E-state index contributed by atoms with van der Waals surface area (Å²) < 4.78 is 13.1. The van der Waals surface area contributed by atoms with Crippen molar-refractivity contribution in [2.24, 2.45) is 0 Å². The van der Waals surface area contributed by atoms with Crippen LogP contribution in [0.5, 0.6) is 0 Å². The Labute approximate surface area is 173 Å². The zero-order valence-electron chi connectivity index (χ0n) is 16.3. The maximum Gasteiger partial charge on any atom is 0.238 e. The molecule has 3 aromatic rings. The van der Waals surface area contributed by atoms with Crippen molar-refractivity contribution in [1.29, 1.82) is 0 Å². The molecule has 7 heteroatoms. The number of carbonyl (C=O) groups is 1. The number of nitrogens with one attached hydrogen (secondary N) is 1. The van der Waals surface area contributed by atoms with E-state index in [1.54, 1.807) is 23.5 Å². The van der Waals surface area contributed by atoms with Gasteiger partial charge < -0.3 is 10.2 Å². The van der Waals surface area contributed by atoms with Gasteiger partial charge in [0.1, 0.15) is 5.82 Å². The Bertz CT molecular complexity index is 963. The molecular formula is C22H23FN4OS. The molecule has 0 bridgehead atoms. The number of amides is 1. The van der Waals surface area contributed by atoms with Gasteiger partial charge in [0.2, 0.25) is 5.91 Å². The van der Waals surface area contributed by atoms with Crippen molar-refractivity contribution >= 4 is 28.6 Å². The Morgan fingerprint density at radius 1 is 1.07 bits per heavy atom. The summed E-state index contributed by atoms with van der Waals surface area (Å²) in [5.41, 5.74) is 3.82. The second-order valence-corrected chi connectivity index (χ2v) is 8.18. The summed E-state index contributed by atoms with van der Waals surface area (Å²) in [5.74, 6) is -0.240. The number of carbonyl (C=O) groups excluding carboxylic acids is 1. The van der Waals surface area contributed by atoms with Gasteiger partial charge >= 0.3 is 0 Å². The van der Waals surface area contributed by atoms with Crippen LogP contribution in [0, 0.1) is 12.7 Å². The van der Waals surface area contributed by atoms with Gasteiger partial charge in [0, 0.05) is 48.5 Å². The van der Waals surface area contributed by atoms with Gasteiger partial charge in [-0.05, 0) is 43.3 Å². The van der Waals surface area contributed by atoms with Gasteiger partial charge in [0.25, 0.3) is 0 Å². The zero-order chi connectivity index (χ0) is 20.2.